The second kappa shape index (κ2) is 7.01. The predicted octanol–water partition coefficient (Wildman–Crippen LogP) is 0.457. The Balaban J connectivity index is 1.65. The molecule has 19 heavy (non-hydrogen) atoms. The van der Waals surface area contributed by atoms with Crippen LogP contribution in [0.2, 0.25) is 0 Å². The number of hydrogen-bond acceptors (Lipinski definition) is 4. The summed E-state index contributed by atoms with van der Waals surface area (Å²) >= 11 is 0. The number of likely N-dealkylation sites (tertiary alicyclic amines) is 2. The van der Waals surface area contributed by atoms with Gasteiger partial charge >= 0.3 is 0 Å². The molecule has 2 heterocycles. The van der Waals surface area contributed by atoms with Crippen LogP contribution in [0.4, 0.5) is 0 Å². The molecule has 0 atom stereocenters. The molecule has 2 rings (SSSR count). The average molecular weight is 267 g/mol. The van der Waals surface area contributed by atoms with Crippen LogP contribution >= 0.6 is 0 Å². The molecule has 0 bridgehead atoms. The number of amides is 2. The third kappa shape index (κ3) is 4.01. The van der Waals surface area contributed by atoms with Crippen LogP contribution in [-0.4, -0.2) is 61.4 Å². The van der Waals surface area contributed by atoms with E-state index >= 15 is 0 Å². The van der Waals surface area contributed by atoms with Crippen molar-refractivity contribution in [2.24, 2.45) is 5.92 Å². The monoisotopic (exact) mass is 267 g/mol. The average Bonchev–Trinajstić information content (AvgIpc) is 2.75. The van der Waals surface area contributed by atoms with E-state index in [1.165, 1.54) is 24.2 Å². The summed E-state index contributed by atoms with van der Waals surface area (Å²) in [5.74, 6) is 0.849. The molecule has 1 N–H and O–H groups in total. The normalized spacial score (nSPS) is 22.5. The third-order valence-corrected chi connectivity index (χ3v) is 4.30. The van der Waals surface area contributed by atoms with Crippen molar-refractivity contribution >= 4 is 11.8 Å². The molecule has 0 aromatic rings. The number of imide groups is 1. The molecule has 5 heteroatoms. The van der Waals surface area contributed by atoms with Gasteiger partial charge in [-0.1, -0.05) is 0 Å². The number of nitrogens with zero attached hydrogens (tertiary/aromatic N) is 2. The minimum absolute atomic E-state index is 0.00825. The van der Waals surface area contributed by atoms with Gasteiger partial charge in [-0.25, -0.2) is 0 Å². The maximum Gasteiger partial charge on any atom is 0.229 e. The quantitative estimate of drug-likeness (QED) is 0.710. The molecular weight excluding hydrogens is 242 g/mol. The highest BCUT2D eigenvalue weighted by molar-refractivity contribution is 6.01. The number of carbonyl (C=O) groups is 2. The molecule has 2 amide bonds. The van der Waals surface area contributed by atoms with Crippen molar-refractivity contribution in [3.63, 3.8) is 0 Å². The highest BCUT2D eigenvalue weighted by Gasteiger charge is 2.29. The molecule has 0 aromatic carbocycles. The van der Waals surface area contributed by atoms with E-state index < -0.39 is 0 Å². The van der Waals surface area contributed by atoms with Gasteiger partial charge in [-0.3, -0.25) is 14.5 Å². The second-order valence-corrected chi connectivity index (χ2v) is 5.62. The van der Waals surface area contributed by atoms with Gasteiger partial charge in [0, 0.05) is 25.9 Å². The summed E-state index contributed by atoms with van der Waals surface area (Å²) in [7, 11) is 2.00. The maximum absolute atomic E-state index is 11.5. The van der Waals surface area contributed by atoms with E-state index in [2.05, 4.69) is 10.2 Å². The van der Waals surface area contributed by atoms with Crippen LogP contribution in [0, 0.1) is 5.92 Å². The standard InChI is InChI=1S/C14H25N3O2/c1-15-7-4-12-5-8-16(9-6-12)10-11-17-13(18)2-3-14(17)19/h12,15H,2-11H2,1H3. The van der Waals surface area contributed by atoms with E-state index in [-0.39, 0.29) is 11.8 Å². The van der Waals surface area contributed by atoms with Crippen molar-refractivity contribution in [1.82, 2.24) is 15.1 Å². The first-order valence-electron chi connectivity index (χ1n) is 7.41. The second-order valence-electron chi connectivity index (χ2n) is 5.62. The maximum atomic E-state index is 11.5. The first-order valence-corrected chi connectivity index (χ1v) is 7.41. The van der Waals surface area contributed by atoms with Crippen LogP contribution in [-0.2, 0) is 9.59 Å². The smallest absolute Gasteiger partial charge is 0.229 e. The van der Waals surface area contributed by atoms with Gasteiger partial charge in [0.25, 0.3) is 0 Å². The zero-order chi connectivity index (χ0) is 13.7. The molecule has 2 aliphatic rings. The zero-order valence-corrected chi connectivity index (χ0v) is 11.9. The lowest BCUT2D eigenvalue weighted by Crippen LogP contribution is -2.41. The lowest BCUT2D eigenvalue weighted by Gasteiger charge is -2.32. The van der Waals surface area contributed by atoms with Crippen LogP contribution in [0.3, 0.4) is 0 Å². The number of nitrogens with one attached hydrogen (secondary N) is 1. The molecule has 2 fully saturated rings. The Morgan fingerprint density at radius 1 is 1.11 bits per heavy atom. The molecule has 108 valence electrons. The van der Waals surface area contributed by atoms with Crippen LogP contribution in [0.15, 0.2) is 0 Å². The van der Waals surface area contributed by atoms with Gasteiger partial charge in [0.15, 0.2) is 0 Å². The number of rotatable bonds is 6. The third-order valence-electron chi connectivity index (χ3n) is 4.30. The van der Waals surface area contributed by atoms with E-state index in [1.54, 1.807) is 0 Å². The first-order chi connectivity index (χ1) is 9.20. The van der Waals surface area contributed by atoms with Crippen molar-refractivity contribution in [2.75, 3.05) is 39.8 Å². The van der Waals surface area contributed by atoms with Crippen molar-refractivity contribution in [3.05, 3.63) is 0 Å². The molecule has 2 saturated heterocycles. The molecule has 0 spiro atoms. The largest absolute Gasteiger partial charge is 0.320 e. The van der Waals surface area contributed by atoms with Crippen molar-refractivity contribution in [3.8, 4) is 0 Å². The Kier molecular flexibility index (Phi) is 5.34. The first kappa shape index (κ1) is 14.5. The summed E-state index contributed by atoms with van der Waals surface area (Å²) in [5.41, 5.74) is 0. The molecule has 2 aliphatic heterocycles. The fraction of sp³-hybridized carbons (Fsp3) is 0.857. The Morgan fingerprint density at radius 2 is 1.74 bits per heavy atom. The van der Waals surface area contributed by atoms with Gasteiger partial charge in [-0.05, 0) is 51.9 Å². The van der Waals surface area contributed by atoms with Gasteiger partial charge in [0.2, 0.25) is 11.8 Å². The van der Waals surface area contributed by atoms with Gasteiger partial charge in [-0.2, -0.15) is 0 Å². The molecular formula is C14H25N3O2. The minimum atomic E-state index is 0.00825. The van der Waals surface area contributed by atoms with Gasteiger partial charge in [-0.15, -0.1) is 0 Å². The number of hydrogen-bond donors (Lipinski definition) is 1. The van der Waals surface area contributed by atoms with E-state index in [0.717, 1.165) is 32.1 Å². The van der Waals surface area contributed by atoms with E-state index in [4.69, 9.17) is 0 Å². The van der Waals surface area contributed by atoms with Gasteiger partial charge in [0.1, 0.15) is 0 Å². The summed E-state index contributed by atoms with van der Waals surface area (Å²) in [6.45, 7) is 4.73. The van der Waals surface area contributed by atoms with Crippen LogP contribution in [0.1, 0.15) is 32.1 Å². The Labute approximate surface area is 115 Å². The summed E-state index contributed by atoms with van der Waals surface area (Å²) in [4.78, 5) is 26.8. The minimum Gasteiger partial charge on any atom is -0.320 e. The van der Waals surface area contributed by atoms with E-state index in [1.807, 2.05) is 7.05 Å². The molecule has 0 unspecified atom stereocenters. The molecule has 0 saturated carbocycles. The molecule has 5 nitrogen and oxygen atoms in total. The zero-order valence-electron chi connectivity index (χ0n) is 11.9. The summed E-state index contributed by atoms with van der Waals surface area (Å²) in [5, 5.41) is 3.20. The SMILES string of the molecule is CNCCC1CCN(CCN2C(=O)CCC2=O)CC1. The van der Waals surface area contributed by atoms with Crippen LogP contribution < -0.4 is 5.32 Å². The fourth-order valence-corrected chi connectivity index (χ4v) is 2.96. The lowest BCUT2D eigenvalue weighted by atomic mass is 9.93. The molecule has 0 radical (unpaired) electrons. The highest BCUT2D eigenvalue weighted by Crippen LogP contribution is 2.20. The fourth-order valence-electron chi connectivity index (χ4n) is 2.96. The Bertz CT molecular complexity index is 309. The van der Waals surface area contributed by atoms with Crippen molar-refractivity contribution in [2.45, 2.75) is 32.1 Å². The predicted molar refractivity (Wildman–Crippen MR) is 73.7 cm³/mol. The van der Waals surface area contributed by atoms with Crippen molar-refractivity contribution < 1.29 is 9.59 Å². The van der Waals surface area contributed by atoms with Gasteiger partial charge < -0.3 is 10.2 Å². The van der Waals surface area contributed by atoms with Gasteiger partial charge in [0.05, 0.1) is 0 Å². The van der Waals surface area contributed by atoms with Crippen LogP contribution in [0.5, 0.6) is 0 Å². The number of piperidine rings is 1. The molecule has 0 aromatic heterocycles. The number of carbonyl (C=O) groups excluding carboxylic acids is 2. The summed E-state index contributed by atoms with van der Waals surface area (Å²) < 4.78 is 0. The van der Waals surface area contributed by atoms with Crippen molar-refractivity contribution in [1.29, 1.82) is 0 Å². The molecule has 0 aliphatic carbocycles. The topological polar surface area (TPSA) is 52.6 Å². The van der Waals surface area contributed by atoms with E-state index in [0.29, 0.717) is 19.4 Å². The lowest BCUT2D eigenvalue weighted by molar-refractivity contribution is -0.138. The van der Waals surface area contributed by atoms with Crippen LogP contribution in [0.25, 0.3) is 0 Å². The Hall–Kier alpha value is -0.940. The highest BCUT2D eigenvalue weighted by atomic mass is 16.2. The Morgan fingerprint density at radius 3 is 2.32 bits per heavy atom. The van der Waals surface area contributed by atoms with E-state index in [9.17, 15) is 9.59 Å². The summed E-state index contributed by atoms with van der Waals surface area (Å²) in [6, 6.07) is 0. The summed E-state index contributed by atoms with van der Waals surface area (Å²) in [6.07, 6.45) is 4.55.